The smallest absolute Gasteiger partial charge is 0.217 e. The predicted molar refractivity (Wildman–Crippen MR) is 301 cm³/mol. The molecule has 5 heterocycles. The minimum atomic E-state index is -1.37. The first-order valence-corrected chi connectivity index (χ1v) is 28.5. The van der Waals surface area contributed by atoms with E-state index in [1.807, 2.05) is 43.3 Å². The molecule has 0 unspecified atom stereocenters. The molecule has 0 aliphatic heterocycles. The summed E-state index contributed by atoms with van der Waals surface area (Å²) in [6.07, 6.45) is 3.21. The maximum absolute atomic E-state index is 9.55. The Morgan fingerprint density at radius 3 is 2.10 bits per heavy atom. The Labute approximate surface area is 443 Å². The number of nitrogens with zero attached hydrogens (tertiary/aromatic N) is 6. The van der Waals surface area contributed by atoms with Crippen molar-refractivity contribution in [3.05, 3.63) is 180 Å². The molecular weight excluding hydrogens is 1090 g/mol. The van der Waals surface area contributed by atoms with Crippen LogP contribution in [0, 0.1) is 35.8 Å². The Balaban J connectivity index is 0.000000251. The maximum Gasteiger partial charge on any atom is 0.217 e. The third-order valence-corrected chi connectivity index (χ3v) is 15.5. The molecule has 6 aromatic carbocycles. The van der Waals surface area contributed by atoms with Gasteiger partial charge in [0.05, 0.1) is 36.0 Å². The van der Waals surface area contributed by atoms with E-state index >= 15 is 0 Å². The largest absolute Gasteiger partial charge is 0.486 e. The van der Waals surface area contributed by atoms with Gasteiger partial charge in [-0.3, -0.25) is 9.97 Å². The van der Waals surface area contributed by atoms with Crippen molar-refractivity contribution in [2.75, 3.05) is 0 Å². The summed E-state index contributed by atoms with van der Waals surface area (Å²) in [5.41, 5.74) is 15.6. The number of benzene rings is 6. The van der Waals surface area contributed by atoms with Crippen LogP contribution in [-0.2, 0) is 26.5 Å². The number of hydrogen-bond acceptors (Lipinski definition) is 6. The quantitative estimate of drug-likeness (QED) is 0.111. The zero-order valence-electron chi connectivity index (χ0n) is 43.6. The van der Waals surface area contributed by atoms with Crippen molar-refractivity contribution in [1.29, 1.82) is 5.26 Å². The van der Waals surface area contributed by atoms with E-state index in [0.717, 1.165) is 73.2 Å². The van der Waals surface area contributed by atoms with Crippen LogP contribution < -0.4 is 5.19 Å². The van der Waals surface area contributed by atoms with Gasteiger partial charge >= 0.3 is 0 Å². The van der Waals surface area contributed by atoms with Gasteiger partial charge in [0.1, 0.15) is 11.8 Å². The monoisotopic (exact) mass is 1150 g/mol. The van der Waals surface area contributed by atoms with Gasteiger partial charge < -0.3 is 14.0 Å². The summed E-state index contributed by atoms with van der Waals surface area (Å²) in [7, 11) is -1.37. The van der Waals surface area contributed by atoms with Crippen molar-refractivity contribution in [2.45, 2.75) is 93.3 Å². The number of aromatic nitrogens is 5. The second-order valence-electron chi connectivity index (χ2n) is 21.9. The number of rotatable bonds is 8. The second kappa shape index (κ2) is 20.1. The van der Waals surface area contributed by atoms with Gasteiger partial charge in [0.2, 0.25) is 5.71 Å². The van der Waals surface area contributed by atoms with Gasteiger partial charge in [0.15, 0.2) is 0 Å². The van der Waals surface area contributed by atoms with Crippen molar-refractivity contribution in [3.8, 4) is 45.5 Å². The third kappa shape index (κ3) is 10.0. The van der Waals surface area contributed by atoms with Crippen molar-refractivity contribution in [2.24, 2.45) is 5.41 Å². The van der Waals surface area contributed by atoms with Crippen molar-refractivity contribution in [3.63, 3.8) is 0 Å². The average molecular weight is 1150 g/mol. The summed E-state index contributed by atoms with van der Waals surface area (Å²) in [5.74, 6) is 1.11. The third-order valence-electron chi connectivity index (χ3n) is 13.5. The fourth-order valence-electron chi connectivity index (χ4n) is 10.1. The standard InChI is InChI=1S/C45H34N5O.C19H26NSi.Ir/c1-25(2)37-22-31(30-15-14-28-9-6-7-10-29(28)21-30)23-38(26(3)4)41(37)50-42-35-17-13-27(5)47-39(35)19-20-40(42)49-44(50)36-12-8-11-33-34-18-16-32(24-46)48-45(34)51-43(33)36;1-19(2,3)13-16-12-17(15-10-8-7-9-11-15)20-14-18(16)21(4,5)6;/h6-11,13-23,25-26H,1-5H3;7-10,12,14H,13H2,1-6H3;/q2*-1;. The van der Waals surface area contributed by atoms with Gasteiger partial charge in [-0.1, -0.05) is 127 Å². The predicted octanol–water partition coefficient (Wildman–Crippen LogP) is 16.3. The Kier molecular flexibility index (Phi) is 14.0. The van der Waals surface area contributed by atoms with Crippen molar-refractivity contribution >= 4 is 68.0 Å². The molecule has 0 aliphatic rings. The fourth-order valence-corrected chi connectivity index (χ4v) is 11.6. The summed E-state index contributed by atoms with van der Waals surface area (Å²) in [4.78, 5) is 19.5. The summed E-state index contributed by atoms with van der Waals surface area (Å²) in [6.45, 7) is 25.2. The van der Waals surface area contributed by atoms with E-state index in [0.29, 0.717) is 17.0 Å². The Bertz CT molecular complexity index is 3880. The van der Waals surface area contributed by atoms with Crippen LogP contribution in [0.5, 0.6) is 0 Å². The first-order valence-electron chi connectivity index (χ1n) is 25.0. The Morgan fingerprint density at radius 1 is 0.699 bits per heavy atom. The van der Waals surface area contributed by atoms with Gasteiger partial charge in [0.25, 0.3) is 0 Å². The van der Waals surface area contributed by atoms with E-state index < -0.39 is 8.07 Å². The molecule has 0 spiro atoms. The molecule has 73 heavy (non-hydrogen) atoms. The Morgan fingerprint density at radius 2 is 1.41 bits per heavy atom. The van der Waals surface area contributed by atoms with Crippen LogP contribution in [0.25, 0.3) is 94.2 Å². The molecule has 0 fully saturated rings. The van der Waals surface area contributed by atoms with Crippen LogP contribution in [0.1, 0.15) is 88.4 Å². The molecule has 7 nitrogen and oxygen atoms in total. The van der Waals surface area contributed by atoms with Crippen LogP contribution in [0.2, 0.25) is 19.6 Å². The van der Waals surface area contributed by atoms with E-state index in [-0.39, 0.29) is 37.4 Å². The van der Waals surface area contributed by atoms with Crippen molar-refractivity contribution < 1.29 is 24.5 Å². The minimum Gasteiger partial charge on any atom is -0.486 e. The van der Waals surface area contributed by atoms with Crippen LogP contribution in [0.15, 0.2) is 144 Å². The number of hydrogen-bond donors (Lipinski definition) is 0. The van der Waals surface area contributed by atoms with Crippen LogP contribution in [-0.4, -0.2) is 32.6 Å². The summed E-state index contributed by atoms with van der Waals surface area (Å²) < 4.78 is 8.81. The van der Waals surface area contributed by atoms with E-state index in [9.17, 15) is 5.26 Å². The molecule has 0 atom stereocenters. The molecule has 0 amide bonds. The number of furan rings is 1. The maximum atomic E-state index is 9.55. The molecule has 1 radical (unpaired) electrons. The van der Waals surface area contributed by atoms with Gasteiger partial charge in [-0.25, -0.2) is 4.98 Å². The summed E-state index contributed by atoms with van der Waals surface area (Å²) >= 11 is 0. The number of aryl methyl sites for hydroxylation is 1. The molecular formula is C64H60IrN6OSi-2. The van der Waals surface area contributed by atoms with E-state index in [2.05, 4.69) is 193 Å². The fraction of sp³-hybridized carbons (Fsp3) is 0.234. The first-order chi connectivity index (χ1) is 34.4. The normalized spacial score (nSPS) is 11.9. The Hall–Kier alpha value is -7.08. The molecule has 5 aromatic heterocycles. The van der Waals surface area contributed by atoms with Gasteiger partial charge in [-0.05, 0) is 129 Å². The number of fused-ring (bicyclic) bond motifs is 7. The zero-order chi connectivity index (χ0) is 50.6. The topological polar surface area (TPSA) is 93.4 Å². The number of pyridine rings is 3. The molecule has 0 bridgehead atoms. The molecule has 367 valence electrons. The molecule has 9 heteroatoms. The van der Waals surface area contributed by atoms with Crippen LogP contribution in [0.3, 0.4) is 0 Å². The minimum absolute atomic E-state index is 0. The number of nitriles is 1. The summed E-state index contributed by atoms with van der Waals surface area (Å²) in [5, 5.41) is 16.3. The summed E-state index contributed by atoms with van der Waals surface area (Å²) in [6, 6.07) is 55.2. The van der Waals surface area contributed by atoms with Crippen LogP contribution in [0.4, 0.5) is 0 Å². The second-order valence-corrected chi connectivity index (χ2v) is 27.0. The van der Waals surface area contributed by atoms with Gasteiger partial charge in [-0.2, -0.15) is 5.26 Å². The molecule has 0 saturated carbocycles. The van der Waals surface area contributed by atoms with Crippen LogP contribution >= 0.6 is 0 Å². The molecule has 11 rings (SSSR count). The number of imidazole rings is 1. The van der Waals surface area contributed by atoms with E-state index in [1.54, 1.807) is 6.07 Å². The first kappa shape index (κ1) is 50.8. The SMILES string of the molecule is CC(C)(C)Cc1cc(-c2[c-]cccc2)ncc1[Si](C)(C)C.Cc1ccc2c(ccc3nc(-c4[c-]ccc5c4oc4nc(C#N)ccc45)n(-c4c(C(C)C)cc(-c5ccc6ccccc6c5)cc4C(C)C)c32)n1.[Ir]. The molecule has 11 aromatic rings. The van der Waals surface area contributed by atoms with Crippen molar-refractivity contribution in [1.82, 2.24) is 24.5 Å². The van der Waals surface area contributed by atoms with E-state index in [1.165, 1.54) is 43.8 Å². The van der Waals surface area contributed by atoms with Gasteiger partial charge in [0, 0.05) is 48.5 Å². The molecule has 0 N–H and O–H groups in total. The van der Waals surface area contributed by atoms with Gasteiger partial charge in [-0.15, -0.1) is 54.1 Å². The molecule has 0 aliphatic carbocycles. The zero-order valence-corrected chi connectivity index (χ0v) is 47.0. The molecule has 0 saturated heterocycles. The average Bonchev–Trinajstić information content (AvgIpc) is 3.94. The van der Waals surface area contributed by atoms with E-state index in [4.69, 9.17) is 19.4 Å².